The zero-order valence-electron chi connectivity index (χ0n) is 18.9. The number of benzene rings is 3. The monoisotopic (exact) mass is 516 g/mol. The minimum Gasteiger partial charge on any atom is -0.350 e. The van der Waals surface area contributed by atoms with Gasteiger partial charge in [0, 0.05) is 41.0 Å². The fraction of sp³-hybridized carbons (Fsp3) is 0.259. The molecule has 0 saturated carbocycles. The van der Waals surface area contributed by atoms with E-state index < -0.39 is 6.04 Å². The quantitative estimate of drug-likeness (QED) is 0.325. The SMILES string of the molecule is CCCC(=O)N(Cc1ccc(Cl)cc1)[C@H](Cc1ccccc1)C(=O)NCc1ccc(Cl)cc1Cl. The molecule has 2 amide bonds. The van der Waals surface area contributed by atoms with Crippen LogP contribution in [0.2, 0.25) is 15.1 Å². The molecule has 0 bridgehead atoms. The van der Waals surface area contributed by atoms with E-state index in [1.807, 2.05) is 49.4 Å². The fourth-order valence-corrected chi connectivity index (χ4v) is 4.26. The van der Waals surface area contributed by atoms with Crippen molar-refractivity contribution in [2.24, 2.45) is 0 Å². The highest BCUT2D eigenvalue weighted by Crippen LogP contribution is 2.22. The van der Waals surface area contributed by atoms with Gasteiger partial charge in [0.25, 0.3) is 0 Å². The van der Waals surface area contributed by atoms with Crippen molar-refractivity contribution in [1.82, 2.24) is 10.2 Å². The number of halogens is 3. The van der Waals surface area contributed by atoms with Crippen molar-refractivity contribution >= 4 is 46.6 Å². The first-order chi connectivity index (χ1) is 16.4. The van der Waals surface area contributed by atoms with E-state index >= 15 is 0 Å². The molecule has 0 spiro atoms. The van der Waals surface area contributed by atoms with Gasteiger partial charge in [0.15, 0.2) is 0 Å². The molecule has 3 rings (SSSR count). The molecule has 178 valence electrons. The van der Waals surface area contributed by atoms with Gasteiger partial charge in [-0.15, -0.1) is 0 Å². The molecule has 0 aromatic heterocycles. The highest BCUT2D eigenvalue weighted by molar-refractivity contribution is 6.35. The highest BCUT2D eigenvalue weighted by Gasteiger charge is 2.30. The van der Waals surface area contributed by atoms with Crippen LogP contribution in [-0.4, -0.2) is 22.8 Å². The molecule has 0 unspecified atom stereocenters. The van der Waals surface area contributed by atoms with E-state index in [0.717, 1.165) is 16.7 Å². The molecule has 0 heterocycles. The Morgan fingerprint density at radius 3 is 2.21 bits per heavy atom. The first kappa shape index (κ1) is 26.1. The summed E-state index contributed by atoms with van der Waals surface area (Å²) in [5.74, 6) is -0.314. The van der Waals surface area contributed by atoms with Crippen LogP contribution in [0.4, 0.5) is 0 Å². The van der Waals surface area contributed by atoms with Gasteiger partial charge in [0.05, 0.1) is 0 Å². The van der Waals surface area contributed by atoms with Crippen molar-refractivity contribution in [2.45, 2.75) is 45.3 Å². The first-order valence-corrected chi connectivity index (χ1v) is 12.3. The van der Waals surface area contributed by atoms with Gasteiger partial charge < -0.3 is 10.2 Å². The first-order valence-electron chi connectivity index (χ1n) is 11.2. The topological polar surface area (TPSA) is 49.4 Å². The maximum absolute atomic E-state index is 13.5. The van der Waals surface area contributed by atoms with Gasteiger partial charge in [-0.25, -0.2) is 0 Å². The van der Waals surface area contributed by atoms with Gasteiger partial charge in [0.1, 0.15) is 6.04 Å². The smallest absolute Gasteiger partial charge is 0.243 e. The van der Waals surface area contributed by atoms with E-state index in [2.05, 4.69) is 5.32 Å². The summed E-state index contributed by atoms with van der Waals surface area (Å²) in [6, 6.07) is 21.5. The molecule has 1 N–H and O–H groups in total. The Kier molecular flexibility index (Phi) is 9.82. The van der Waals surface area contributed by atoms with Gasteiger partial charge in [0.2, 0.25) is 11.8 Å². The maximum atomic E-state index is 13.5. The Hall–Kier alpha value is -2.53. The maximum Gasteiger partial charge on any atom is 0.243 e. The van der Waals surface area contributed by atoms with Crippen molar-refractivity contribution in [2.75, 3.05) is 0 Å². The van der Waals surface area contributed by atoms with Crippen LogP contribution in [0.15, 0.2) is 72.8 Å². The molecule has 0 aliphatic carbocycles. The molecule has 3 aromatic rings. The molecule has 7 heteroatoms. The van der Waals surface area contributed by atoms with E-state index in [0.29, 0.717) is 40.9 Å². The third-order valence-electron chi connectivity index (χ3n) is 5.47. The second-order valence-corrected chi connectivity index (χ2v) is 9.34. The zero-order valence-corrected chi connectivity index (χ0v) is 21.2. The van der Waals surface area contributed by atoms with Crippen molar-refractivity contribution < 1.29 is 9.59 Å². The number of rotatable bonds is 10. The average molecular weight is 518 g/mol. The zero-order chi connectivity index (χ0) is 24.5. The Morgan fingerprint density at radius 2 is 1.56 bits per heavy atom. The van der Waals surface area contributed by atoms with E-state index in [1.165, 1.54) is 0 Å². The molecule has 3 aromatic carbocycles. The Morgan fingerprint density at radius 1 is 0.882 bits per heavy atom. The van der Waals surface area contributed by atoms with Crippen LogP contribution in [0.25, 0.3) is 0 Å². The number of nitrogens with zero attached hydrogens (tertiary/aromatic N) is 1. The number of carbonyl (C=O) groups excluding carboxylic acids is 2. The van der Waals surface area contributed by atoms with Crippen LogP contribution in [-0.2, 0) is 29.1 Å². The van der Waals surface area contributed by atoms with Crippen LogP contribution in [0, 0.1) is 0 Å². The van der Waals surface area contributed by atoms with E-state index in [1.54, 1.807) is 35.2 Å². The summed E-state index contributed by atoms with van der Waals surface area (Å²) < 4.78 is 0. The summed E-state index contributed by atoms with van der Waals surface area (Å²) in [4.78, 5) is 28.4. The van der Waals surface area contributed by atoms with E-state index in [4.69, 9.17) is 34.8 Å². The van der Waals surface area contributed by atoms with Crippen LogP contribution < -0.4 is 5.32 Å². The Labute approximate surface area is 215 Å². The van der Waals surface area contributed by atoms with Crippen LogP contribution in [0.3, 0.4) is 0 Å². The Balaban J connectivity index is 1.88. The van der Waals surface area contributed by atoms with Gasteiger partial charge >= 0.3 is 0 Å². The summed E-state index contributed by atoms with van der Waals surface area (Å²) >= 11 is 18.3. The molecule has 0 aliphatic rings. The summed E-state index contributed by atoms with van der Waals surface area (Å²) in [6.45, 7) is 2.49. The van der Waals surface area contributed by atoms with Gasteiger partial charge in [-0.1, -0.05) is 90.3 Å². The summed E-state index contributed by atoms with van der Waals surface area (Å²) in [5, 5.41) is 4.60. The number of carbonyl (C=O) groups is 2. The number of amides is 2. The molecule has 4 nitrogen and oxygen atoms in total. The van der Waals surface area contributed by atoms with Crippen molar-refractivity contribution in [3.8, 4) is 0 Å². The van der Waals surface area contributed by atoms with Crippen LogP contribution >= 0.6 is 34.8 Å². The lowest BCUT2D eigenvalue weighted by atomic mass is 10.0. The molecule has 0 radical (unpaired) electrons. The lowest BCUT2D eigenvalue weighted by Gasteiger charge is -2.31. The lowest BCUT2D eigenvalue weighted by Crippen LogP contribution is -2.50. The predicted molar refractivity (Wildman–Crippen MR) is 139 cm³/mol. The third kappa shape index (κ3) is 7.49. The summed E-state index contributed by atoms with van der Waals surface area (Å²) in [6.07, 6.45) is 1.44. The second kappa shape index (κ2) is 12.8. The molecule has 0 saturated heterocycles. The highest BCUT2D eigenvalue weighted by atomic mass is 35.5. The largest absolute Gasteiger partial charge is 0.350 e. The summed E-state index contributed by atoms with van der Waals surface area (Å²) in [5.41, 5.74) is 2.63. The van der Waals surface area contributed by atoms with Gasteiger partial charge in [-0.3, -0.25) is 9.59 Å². The molecular formula is C27H27Cl3N2O2. The van der Waals surface area contributed by atoms with Crippen molar-refractivity contribution in [3.05, 3.63) is 105 Å². The van der Waals surface area contributed by atoms with Crippen LogP contribution in [0.5, 0.6) is 0 Å². The molecule has 0 aliphatic heterocycles. The lowest BCUT2D eigenvalue weighted by molar-refractivity contribution is -0.141. The molecule has 0 fully saturated rings. The number of nitrogens with one attached hydrogen (secondary N) is 1. The minimum atomic E-state index is -0.691. The predicted octanol–water partition coefficient (Wildman–Crippen LogP) is 6.70. The van der Waals surface area contributed by atoms with Crippen LogP contribution in [0.1, 0.15) is 36.5 Å². The number of hydrogen-bond acceptors (Lipinski definition) is 2. The Bertz CT molecular complexity index is 1100. The summed E-state index contributed by atoms with van der Waals surface area (Å²) in [7, 11) is 0. The number of hydrogen-bond donors (Lipinski definition) is 1. The van der Waals surface area contributed by atoms with E-state index in [9.17, 15) is 9.59 Å². The van der Waals surface area contributed by atoms with Gasteiger partial charge in [-0.05, 0) is 47.4 Å². The van der Waals surface area contributed by atoms with E-state index in [-0.39, 0.29) is 18.4 Å². The fourth-order valence-electron chi connectivity index (χ4n) is 3.66. The third-order valence-corrected chi connectivity index (χ3v) is 6.31. The molecular weight excluding hydrogens is 491 g/mol. The average Bonchev–Trinajstić information content (AvgIpc) is 2.82. The minimum absolute atomic E-state index is 0.0712. The molecule has 34 heavy (non-hydrogen) atoms. The van der Waals surface area contributed by atoms with Gasteiger partial charge in [-0.2, -0.15) is 0 Å². The molecule has 1 atom stereocenters. The van der Waals surface area contributed by atoms with Crippen molar-refractivity contribution in [1.29, 1.82) is 0 Å². The standard InChI is InChI=1S/C27H27Cl3N2O2/c1-2-6-26(33)32(18-20-9-12-22(28)13-10-20)25(15-19-7-4-3-5-8-19)27(34)31-17-21-11-14-23(29)16-24(21)30/h3-5,7-14,16,25H,2,6,15,17-18H2,1H3,(H,31,34)/t25-/m1/s1. The van der Waals surface area contributed by atoms with Crippen molar-refractivity contribution in [3.63, 3.8) is 0 Å². The normalized spacial score (nSPS) is 11.6. The second-order valence-electron chi connectivity index (χ2n) is 8.06.